The molecule has 0 radical (unpaired) electrons. The van der Waals surface area contributed by atoms with Crippen molar-refractivity contribution < 1.29 is 4.79 Å². The van der Waals surface area contributed by atoms with Gasteiger partial charge in [0.1, 0.15) is 6.54 Å². The summed E-state index contributed by atoms with van der Waals surface area (Å²) in [5.74, 6) is 1.26. The van der Waals surface area contributed by atoms with E-state index in [4.69, 9.17) is 0 Å². The van der Waals surface area contributed by atoms with Crippen LogP contribution < -0.4 is 10.9 Å². The number of benzene rings is 2. The van der Waals surface area contributed by atoms with Crippen LogP contribution in [0.2, 0.25) is 0 Å². The van der Waals surface area contributed by atoms with Crippen molar-refractivity contribution in [2.45, 2.75) is 39.7 Å². The van der Waals surface area contributed by atoms with Gasteiger partial charge in [0.15, 0.2) is 0 Å². The van der Waals surface area contributed by atoms with Crippen LogP contribution in [-0.4, -0.2) is 40.7 Å². The van der Waals surface area contributed by atoms with Crippen molar-refractivity contribution in [3.8, 4) is 0 Å². The van der Waals surface area contributed by atoms with Gasteiger partial charge >= 0.3 is 0 Å². The highest BCUT2D eigenvalue weighted by Crippen LogP contribution is 2.27. The first-order valence-corrected chi connectivity index (χ1v) is 11.4. The van der Waals surface area contributed by atoms with Crippen molar-refractivity contribution in [1.82, 2.24) is 14.7 Å². The van der Waals surface area contributed by atoms with E-state index < -0.39 is 0 Å². The Hall–Kier alpha value is -2.99. The lowest BCUT2D eigenvalue weighted by Gasteiger charge is -2.34. The van der Waals surface area contributed by atoms with Gasteiger partial charge in [0.25, 0.3) is 5.56 Å². The highest BCUT2D eigenvalue weighted by Gasteiger charge is 2.23. The van der Waals surface area contributed by atoms with E-state index in [1.54, 1.807) is 6.07 Å². The molecule has 3 aromatic rings. The number of hydrogen-bond donors (Lipinski definition) is 1. The van der Waals surface area contributed by atoms with Crippen molar-refractivity contribution >= 4 is 22.4 Å². The van der Waals surface area contributed by atoms with Gasteiger partial charge in [0.05, 0.1) is 11.1 Å². The summed E-state index contributed by atoms with van der Waals surface area (Å²) < 4.78 is 1.24. The molecule has 6 nitrogen and oxygen atoms in total. The lowest BCUT2D eigenvalue weighted by molar-refractivity contribution is -0.117. The van der Waals surface area contributed by atoms with Crippen LogP contribution in [0.1, 0.15) is 31.0 Å². The molecule has 0 saturated carbocycles. The molecule has 2 atom stereocenters. The van der Waals surface area contributed by atoms with Gasteiger partial charge in [0.2, 0.25) is 5.91 Å². The molecule has 1 N–H and O–H groups in total. The molecule has 1 aliphatic rings. The fraction of sp³-hybridized carbons (Fsp3) is 0.423. The van der Waals surface area contributed by atoms with Crippen LogP contribution in [0, 0.1) is 18.8 Å². The molecule has 0 aliphatic carbocycles. The Labute approximate surface area is 189 Å². The van der Waals surface area contributed by atoms with E-state index in [2.05, 4.69) is 41.4 Å². The van der Waals surface area contributed by atoms with Gasteiger partial charge in [-0.15, -0.1) is 0 Å². The molecule has 2 heterocycles. The highest BCUT2D eigenvalue weighted by atomic mass is 16.2. The maximum absolute atomic E-state index is 12.7. The van der Waals surface area contributed by atoms with E-state index in [1.807, 2.05) is 37.3 Å². The number of carbonyl (C=O) groups is 1. The number of piperidine rings is 1. The molecule has 0 spiro atoms. The summed E-state index contributed by atoms with van der Waals surface area (Å²) >= 11 is 0. The molecule has 1 amide bonds. The zero-order valence-electron chi connectivity index (χ0n) is 19.2. The molecular weight excluding hydrogens is 400 g/mol. The van der Waals surface area contributed by atoms with Crippen LogP contribution in [0.15, 0.2) is 53.3 Å². The number of aryl methyl sites for hydroxylation is 2. The van der Waals surface area contributed by atoms with Crippen LogP contribution in [-0.2, 0) is 17.8 Å². The highest BCUT2D eigenvalue weighted by molar-refractivity contribution is 5.91. The lowest BCUT2D eigenvalue weighted by atomic mass is 9.83. The van der Waals surface area contributed by atoms with Gasteiger partial charge in [0, 0.05) is 17.6 Å². The molecule has 4 rings (SSSR count). The molecule has 168 valence electrons. The molecule has 6 heteroatoms. The fourth-order valence-electron chi connectivity index (χ4n) is 4.79. The molecule has 1 fully saturated rings. The van der Waals surface area contributed by atoms with Gasteiger partial charge in [-0.05, 0) is 75.4 Å². The molecule has 1 aromatic heterocycles. The third kappa shape index (κ3) is 5.07. The van der Waals surface area contributed by atoms with Gasteiger partial charge in [-0.1, -0.05) is 37.3 Å². The maximum Gasteiger partial charge on any atom is 0.275 e. The predicted octanol–water partition coefficient (Wildman–Crippen LogP) is 3.86. The number of fused-ring (bicyclic) bond motifs is 1. The van der Waals surface area contributed by atoms with Gasteiger partial charge in [-0.25, -0.2) is 4.68 Å². The smallest absolute Gasteiger partial charge is 0.275 e. The molecule has 2 aromatic carbocycles. The number of anilines is 1. The standard InChI is InChI=1S/C26H32N4O2/c1-18-16-29(3)15-14-21(18)11-8-20-9-12-22(13-10-20)27-25(31)17-30-26(32)24-7-5-4-6-23(24)19(2)28-30/h4-7,9-10,12-13,18,21H,8,11,14-17H2,1-3H3,(H,27,31)/t18-,21-/m0/s1. The second-order valence-corrected chi connectivity index (χ2v) is 9.17. The van der Waals surface area contributed by atoms with Crippen molar-refractivity contribution in [2.75, 3.05) is 25.5 Å². The third-order valence-corrected chi connectivity index (χ3v) is 6.67. The zero-order valence-corrected chi connectivity index (χ0v) is 19.2. The van der Waals surface area contributed by atoms with E-state index in [0.717, 1.165) is 35.0 Å². The Kier molecular flexibility index (Phi) is 6.70. The summed E-state index contributed by atoms with van der Waals surface area (Å²) in [7, 11) is 2.20. The normalized spacial score (nSPS) is 19.2. The number of carbonyl (C=O) groups excluding carboxylic acids is 1. The first-order chi connectivity index (χ1) is 15.4. The summed E-state index contributed by atoms with van der Waals surface area (Å²) in [6.45, 7) is 6.47. The quantitative estimate of drug-likeness (QED) is 0.642. The van der Waals surface area contributed by atoms with Crippen molar-refractivity contribution in [3.63, 3.8) is 0 Å². The lowest BCUT2D eigenvalue weighted by Crippen LogP contribution is -2.36. The van der Waals surface area contributed by atoms with E-state index in [9.17, 15) is 9.59 Å². The summed E-state index contributed by atoms with van der Waals surface area (Å²) in [5.41, 5.74) is 2.50. The number of nitrogens with zero attached hydrogens (tertiary/aromatic N) is 3. The van der Waals surface area contributed by atoms with E-state index in [0.29, 0.717) is 5.39 Å². The number of amides is 1. The first-order valence-electron chi connectivity index (χ1n) is 11.4. The van der Waals surface area contributed by atoms with Gasteiger partial charge in [-0.2, -0.15) is 5.10 Å². The van der Waals surface area contributed by atoms with Crippen LogP contribution in [0.3, 0.4) is 0 Å². The SMILES string of the molecule is Cc1nn(CC(=O)Nc2ccc(CC[C@H]3CCN(C)C[C@@H]3C)cc2)c(=O)c2ccccc12. The average Bonchev–Trinajstić information content (AvgIpc) is 2.78. The molecule has 32 heavy (non-hydrogen) atoms. The average molecular weight is 433 g/mol. The maximum atomic E-state index is 12.7. The summed E-state index contributed by atoms with van der Waals surface area (Å²) in [6, 6.07) is 15.4. The monoisotopic (exact) mass is 432 g/mol. The minimum Gasteiger partial charge on any atom is -0.324 e. The van der Waals surface area contributed by atoms with Crippen molar-refractivity contribution in [1.29, 1.82) is 0 Å². The third-order valence-electron chi connectivity index (χ3n) is 6.67. The largest absolute Gasteiger partial charge is 0.324 e. The Morgan fingerprint density at radius 3 is 2.56 bits per heavy atom. The summed E-state index contributed by atoms with van der Waals surface area (Å²) in [6.07, 6.45) is 3.53. The Bertz CT molecular complexity index is 1150. The molecule has 1 saturated heterocycles. The van der Waals surface area contributed by atoms with Crippen LogP contribution in [0.5, 0.6) is 0 Å². The first kappa shape index (κ1) is 22.2. The van der Waals surface area contributed by atoms with Crippen molar-refractivity contribution in [2.24, 2.45) is 11.8 Å². The summed E-state index contributed by atoms with van der Waals surface area (Å²) in [5, 5.41) is 8.60. The molecule has 0 bridgehead atoms. The number of nitrogens with one attached hydrogen (secondary N) is 1. The Morgan fingerprint density at radius 2 is 1.84 bits per heavy atom. The second-order valence-electron chi connectivity index (χ2n) is 9.17. The summed E-state index contributed by atoms with van der Waals surface area (Å²) in [4.78, 5) is 27.6. The van der Waals surface area contributed by atoms with Crippen LogP contribution >= 0.6 is 0 Å². The minimum atomic E-state index is -0.262. The Morgan fingerprint density at radius 1 is 1.12 bits per heavy atom. The number of likely N-dealkylation sites (tertiary alicyclic amines) is 1. The van der Waals surface area contributed by atoms with Crippen LogP contribution in [0.4, 0.5) is 5.69 Å². The van der Waals surface area contributed by atoms with Crippen molar-refractivity contribution in [3.05, 3.63) is 70.1 Å². The van der Waals surface area contributed by atoms with Crippen LogP contribution in [0.25, 0.3) is 10.8 Å². The fourth-order valence-corrected chi connectivity index (χ4v) is 4.79. The molecular formula is C26H32N4O2. The predicted molar refractivity (Wildman–Crippen MR) is 129 cm³/mol. The topological polar surface area (TPSA) is 67.2 Å². The molecule has 0 unspecified atom stereocenters. The minimum absolute atomic E-state index is 0.111. The number of aromatic nitrogens is 2. The van der Waals surface area contributed by atoms with Gasteiger partial charge in [-0.3, -0.25) is 9.59 Å². The second kappa shape index (κ2) is 9.65. The Balaban J connectivity index is 1.35. The zero-order chi connectivity index (χ0) is 22.7. The van der Waals surface area contributed by atoms with Gasteiger partial charge < -0.3 is 10.2 Å². The van der Waals surface area contributed by atoms with E-state index in [1.165, 1.54) is 36.2 Å². The number of rotatable bonds is 6. The van der Waals surface area contributed by atoms with E-state index in [-0.39, 0.29) is 18.0 Å². The number of hydrogen-bond acceptors (Lipinski definition) is 4. The molecule has 1 aliphatic heterocycles. The van der Waals surface area contributed by atoms with E-state index >= 15 is 0 Å².